The van der Waals surface area contributed by atoms with Crippen LogP contribution in [0.4, 0.5) is 5.69 Å². The maximum Gasteiger partial charge on any atom is 0.151 e. The number of halogens is 1. The van der Waals surface area contributed by atoms with Gasteiger partial charge in [-0.15, -0.1) is 0 Å². The van der Waals surface area contributed by atoms with Crippen LogP contribution >= 0.6 is 11.6 Å². The van der Waals surface area contributed by atoms with Crippen molar-refractivity contribution >= 4 is 17.3 Å². The summed E-state index contributed by atoms with van der Waals surface area (Å²) in [6.07, 6.45) is 0. The molecular formula is C14H14ClNO2. The molecule has 4 heteroatoms. The van der Waals surface area contributed by atoms with E-state index in [-0.39, 0.29) is 0 Å². The molecule has 2 rings (SSSR count). The van der Waals surface area contributed by atoms with Gasteiger partial charge in [0.2, 0.25) is 0 Å². The molecule has 0 atom stereocenters. The van der Waals surface area contributed by atoms with Crippen molar-refractivity contribution in [3.8, 4) is 17.2 Å². The monoisotopic (exact) mass is 263 g/mol. The van der Waals surface area contributed by atoms with E-state index in [1.165, 1.54) is 0 Å². The fourth-order valence-electron chi connectivity index (χ4n) is 1.50. The van der Waals surface area contributed by atoms with E-state index < -0.39 is 0 Å². The summed E-state index contributed by atoms with van der Waals surface area (Å²) in [7, 11) is 0. The normalized spacial score (nSPS) is 10.1. The van der Waals surface area contributed by atoms with Crippen LogP contribution in [-0.2, 0) is 0 Å². The highest BCUT2D eigenvalue weighted by molar-refractivity contribution is 6.33. The summed E-state index contributed by atoms with van der Waals surface area (Å²) in [4.78, 5) is 0. The van der Waals surface area contributed by atoms with Crippen LogP contribution in [0.2, 0.25) is 5.02 Å². The Balaban J connectivity index is 2.16. The molecule has 0 aromatic heterocycles. The molecule has 2 N–H and O–H groups in total. The van der Waals surface area contributed by atoms with Crippen molar-refractivity contribution < 1.29 is 9.47 Å². The molecule has 0 unspecified atom stereocenters. The topological polar surface area (TPSA) is 44.5 Å². The molecule has 18 heavy (non-hydrogen) atoms. The van der Waals surface area contributed by atoms with Crippen molar-refractivity contribution in [2.45, 2.75) is 6.92 Å². The van der Waals surface area contributed by atoms with Crippen LogP contribution in [0.15, 0.2) is 42.5 Å². The van der Waals surface area contributed by atoms with E-state index in [1.807, 2.05) is 31.2 Å². The Kier molecular flexibility index (Phi) is 3.95. The van der Waals surface area contributed by atoms with Gasteiger partial charge in [-0.25, -0.2) is 0 Å². The lowest BCUT2D eigenvalue weighted by Crippen LogP contribution is -1.93. The van der Waals surface area contributed by atoms with Gasteiger partial charge in [-0.2, -0.15) is 0 Å². The van der Waals surface area contributed by atoms with Gasteiger partial charge in [0.05, 0.1) is 17.3 Å². The minimum absolute atomic E-state index is 0.438. The average molecular weight is 264 g/mol. The Morgan fingerprint density at radius 1 is 1.06 bits per heavy atom. The molecule has 94 valence electrons. The number of nitrogens with two attached hydrogens (primary N) is 1. The van der Waals surface area contributed by atoms with Gasteiger partial charge in [-0.05, 0) is 43.3 Å². The molecule has 0 bridgehead atoms. The SMILES string of the molecule is CCOc1ccc(Oc2cccc(Cl)c2N)cc1. The first kappa shape index (κ1) is 12.6. The zero-order chi connectivity index (χ0) is 13.0. The molecule has 2 aromatic carbocycles. The van der Waals surface area contributed by atoms with Crippen molar-refractivity contribution in [2.75, 3.05) is 12.3 Å². The van der Waals surface area contributed by atoms with Crippen molar-refractivity contribution in [2.24, 2.45) is 0 Å². The predicted octanol–water partition coefficient (Wildman–Crippen LogP) is 4.11. The second-order valence-electron chi connectivity index (χ2n) is 3.66. The predicted molar refractivity (Wildman–Crippen MR) is 73.5 cm³/mol. The molecule has 0 aliphatic heterocycles. The minimum Gasteiger partial charge on any atom is -0.494 e. The van der Waals surface area contributed by atoms with Gasteiger partial charge in [0.1, 0.15) is 11.5 Å². The van der Waals surface area contributed by atoms with Gasteiger partial charge >= 0.3 is 0 Å². The number of hydrogen-bond donors (Lipinski definition) is 1. The number of ether oxygens (including phenoxy) is 2. The van der Waals surface area contributed by atoms with Crippen LogP contribution in [-0.4, -0.2) is 6.61 Å². The highest BCUT2D eigenvalue weighted by Gasteiger charge is 2.05. The van der Waals surface area contributed by atoms with Gasteiger partial charge in [0, 0.05) is 0 Å². The van der Waals surface area contributed by atoms with E-state index >= 15 is 0 Å². The third-order valence-corrected chi connectivity index (χ3v) is 2.71. The third-order valence-electron chi connectivity index (χ3n) is 2.38. The lowest BCUT2D eigenvalue weighted by molar-refractivity contribution is 0.339. The Hall–Kier alpha value is -1.87. The molecule has 0 aliphatic rings. The largest absolute Gasteiger partial charge is 0.494 e. The van der Waals surface area contributed by atoms with Crippen molar-refractivity contribution in [3.63, 3.8) is 0 Å². The first-order valence-electron chi connectivity index (χ1n) is 5.65. The molecular weight excluding hydrogens is 250 g/mol. The van der Waals surface area contributed by atoms with E-state index in [0.29, 0.717) is 28.8 Å². The van der Waals surface area contributed by atoms with E-state index in [9.17, 15) is 0 Å². The van der Waals surface area contributed by atoms with Gasteiger partial charge in [0.15, 0.2) is 5.75 Å². The zero-order valence-electron chi connectivity index (χ0n) is 10.0. The van der Waals surface area contributed by atoms with Crippen LogP contribution in [0, 0.1) is 0 Å². The number of rotatable bonds is 4. The molecule has 0 saturated carbocycles. The highest BCUT2D eigenvalue weighted by atomic mass is 35.5. The van der Waals surface area contributed by atoms with Crippen LogP contribution in [0.1, 0.15) is 6.92 Å². The number of hydrogen-bond acceptors (Lipinski definition) is 3. The van der Waals surface area contributed by atoms with Crippen LogP contribution in [0.25, 0.3) is 0 Å². The van der Waals surface area contributed by atoms with Gasteiger partial charge in [-0.3, -0.25) is 0 Å². The molecule has 2 aromatic rings. The Morgan fingerprint density at radius 3 is 2.39 bits per heavy atom. The summed E-state index contributed by atoms with van der Waals surface area (Å²) in [5, 5.41) is 0.485. The molecule has 0 heterocycles. The van der Waals surface area contributed by atoms with Crippen LogP contribution in [0.3, 0.4) is 0 Å². The third kappa shape index (κ3) is 2.87. The number of anilines is 1. The number of nitrogen functional groups attached to an aromatic ring is 1. The maximum atomic E-state index is 5.92. The first-order chi connectivity index (χ1) is 8.70. The molecule has 0 amide bonds. The summed E-state index contributed by atoms with van der Waals surface area (Å²) < 4.78 is 11.0. The standard InChI is InChI=1S/C14H14ClNO2/c1-2-17-10-6-8-11(9-7-10)18-13-5-3-4-12(15)14(13)16/h3-9H,2,16H2,1H3. The minimum atomic E-state index is 0.438. The fraction of sp³-hybridized carbons (Fsp3) is 0.143. The smallest absolute Gasteiger partial charge is 0.151 e. The van der Waals surface area contributed by atoms with Crippen molar-refractivity contribution in [1.29, 1.82) is 0 Å². The second kappa shape index (κ2) is 5.65. The van der Waals surface area contributed by atoms with E-state index in [1.54, 1.807) is 18.2 Å². The summed E-state index contributed by atoms with van der Waals surface area (Å²) in [5.74, 6) is 2.04. The van der Waals surface area contributed by atoms with Gasteiger partial charge in [0.25, 0.3) is 0 Å². The first-order valence-corrected chi connectivity index (χ1v) is 6.03. The van der Waals surface area contributed by atoms with Crippen LogP contribution in [0.5, 0.6) is 17.2 Å². The highest BCUT2D eigenvalue weighted by Crippen LogP contribution is 2.33. The van der Waals surface area contributed by atoms with Crippen LogP contribution < -0.4 is 15.2 Å². The Labute approximate surface area is 111 Å². The summed E-state index contributed by atoms with van der Waals surface area (Å²) >= 11 is 5.92. The Bertz CT molecular complexity index is 526. The summed E-state index contributed by atoms with van der Waals surface area (Å²) in [6.45, 7) is 2.58. The fourth-order valence-corrected chi connectivity index (χ4v) is 1.67. The summed E-state index contributed by atoms with van der Waals surface area (Å²) in [5.41, 5.74) is 6.26. The van der Waals surface area contributed by atoms with E-state index in [0.717, 1.165) is 5.75 Å². The number of para-hydroxylation sites is 1. The molecule has 0 fully saturated rings. The number of benzene rings is 2. The van der Waals surface area contributed by atoms with E-state index in [2.05, 4.69) is 0 Å². The molecule has 0 aliphatic carbocycles. The quantitative estimate of drug-likeness (QED) is 0.844. The molecule has 0 saturated heterocycles. The average Bonchev–Trinajstić information content (AvgIpc) is 2.38. The second-order valence-corrected chi connectivity index (χ2v) is 4.07. The lowest BCUT2D eigenvalue weighted by Gasteiger charge is -2.10. The molecule has 0 spiro atoms. The van der Waals surface area contributed by atoms with Crippen molar-refractivity contribution in [1.82, 2.24) is 0 Å². The van der Waals surface area contributed by atoms with Gasteiger partial charge < -0.3 is 15.2 Å². The lowest BCUT2D eigenvalue weighted by atomic mass is 10.3. The molecule has 3 nitrogen and oxygen atoms in total. The zero-order valence-corrected chi connectivity index (χ0v) is 10.8. The van der Waals surface area contributed by atoms with Crippen molar-refractivity contribution in [3.05, 3.63) is 47.5 Å². The maximum absolute atomic E-state index is 5.92. The Morgan fingerprint density at radius 2 is 1.72 bits per heavy atom. The van der Waals surface area contributed by atoms with E-state index in [4.69, 9.17) is 26.8 Å². The summed E-state index contributed by atoms with van der Waals surface area (Å²) in [6, 6.07) is 12.6. The molecule has 0 radical (unpaired) electrons. The van der Waals surface area contributed by atoms with Gasteiger partial charge in [-0.1, -0.05) is 17.7 Å².